The summed E-state index contributed by atoms with van der Waals surface area (Å²) in [7, 11) is 1.47. The van der Waals surface area contributed by atoms with Gasteiger partial charge in [-0.1, -0.05) is 0 Å². The van der Waals surface area contributed by atoms with Crippen molar-refractivity contribution < 1.29 is 14.3 Å². The Balaban J connectivity index is 1.80. The standard InChI is InChI=1S/C9H12O3/c1-11-9(10)6-3-4-2-5(6)8-7(4)12-8/h4-8H,2-3H2,1H3/t4-,5+,6+,7-,8+/m0/s1. The van der Waals surface area contributed by atoms with Crippen molar-refractivity contribution in [1.82, 2.24) is 0 Å². The van der Waals surface area contributed by atoms with Gasteiger partial charge < -0.3 is 9.47 Å². The van der Waals surface area contributed by atoms with Crippen molar-refractivity contribution in [1.29, 1.82) is 0 Å². The molecule has 0 aromatic heterocycles. The van der Waals surface area contributed by atoms with Crippen LogP contribution in [0.2, 0.25) is 0 Å². The summed E-state index contributed by atoms with van der Waals surface area (Å²) in [5.41, 5.74) is 0. The average molecular weight is 168 g/mol. The van der Waals surface area contributed by atoms with Crippen molar-refractivity contribution >= 4 is 5.97 Å². The first-order valence-corrected chi connectivity index (χ1v) is 4.54. The van der Waals surface area contributed by atoms with E-state index in [-0.39, 0.29) is 11.9 Å². The van der Waals surface area contributed by atoms with Crippen LogP contribution in [0.5, 0.6) is 0 Å². The Hall–Kier alpha value is -0.570. The smallest absolute Gasteiger partial charge is 0.309 e. The first-order valence-electron chi connectivity index (χ1n) is 4.54. The summed E-state index contributed by atoms with van der Waals surface area (Å²) in [6.07, 6.45) is 3.11. The summed E-state index contributed by atoms with van der Waals surface area (Å²) in [5.74, 6) is 1.25. The Morgan fingerprint density at radius 1 is 1.42 bits per heavy atom. The van der Waals surface area contributed by atoms with Crippen molar-refractivity contribution in [3.63, 3.8) is 0 Å². The van der Waals surface area contributed by atoms with Crippen LogP contribution in [0.4, 0.5) is 0 Å². The highest BCUT2D eigenvalue weighted by atomic mass is 16.6. The van der Waals surface area contributed by atoms with Crippen LogP contribution in [0, 0.1) is 17.8 Å². The van der Waals surface area contributed by atoms with Gasteiger partial charge in [-0.25, -0.2) is 0 Å². The maximum atomic E-state index is 11.3. The molecule has 3 nitrogen and oxygen atoms in total. The number of fused-ring (bicyclic) bond motifs is 5. The van der Waals surface area contributed by atoms with Crippen LogP contribution in [0.1, 0.15) is 12.8 Å². The maximum Gasteiger partial charge on any atom is 0.309 e. The molecule has 12 heavy (non-hydrogen) atoms. The third-order valence-corrected chi connectivity index (χ3v) is 3.60. The molecule has 1 heterocycles. The summed E-state index contributed by atoms with van der Waals surface area (Å²) >= 11 is 0. The normalized spacial score (nSPS) is 53.6. The molecule has 0 aromatic rings. The Morgan fingerprint density at radius 2 is 2.25 bits per heavy atom. The molecule has 0 radical (unpaired) electrons. The monoisotopic (exact) mass is 168 g/mol. The van der Waals surface area contributed by atoms with Crippen LogP contribution in [-0.4, -0.2) is 25.3 Å². The van der Waals surface area contributed by atoms with Gasteiger partial charge in [0.1, 0.15) is 0 Å². The fourth-order valence-corrected chi connectivity index (χ4v) is 3.02. The quantitative estimate of drug-likeness (QED) is 0.424. The van der Waals surface area contributed by atoms with Gasteiger partial charge in [-0.05, 0) is 18.8 Å². The number of carbonyl (C=O) groups excluding carboxylic acids is 1. The van der Waals surface area contributed by atoms with E-state index < -0.39 is 0 Å². The van der Waals surface area contributed by atoms with Crippen molar-refractivity contribution in [2.45, 2.75) is 25.0 Å². The van der Waals surface area contributed by atoms with E-state index in [2.05, 4.69) is 0 Å². The number of epoxide rings is 1. The van der Waals surface area contributed by atoms with Gasteiger partial charge in [0.15, 0.2) is 0 Å². The summed E-state index contributed by atoms with van der Waals surface area (Å²) in [6.45, 7) is 0. The molecule has 3 heteroatoms. The van der Waals surface area contributed by atoms with Crippen molar-refractivity contribution in [2.75, 3.05) is 7.11 Å². The molecule has 2 aliphatic carbocycles. The molecular formula is C9H12O3. The predicted molar refractivity (Wildman–Crippen MR) is 40.4 cm³/mol. The molecule has 1 saturated heterocycles. The maximum absolute atomic E-state index is 11.3. The lowest BCUT2D eigenvalue weighted by atomic mass is 9.89. The minimum Gasteiger partial charge on any atom is -0.469 e. The van der Waals surface area contributed by atoms with Crippen LogP contribution in [-0.2, 0) is 14.3 Å². The molecule has 0 spiro atoms. The van der Waals surface area contributed by atoms with Crippen LogP contribution in [0.15, 0.2) is 0 Å². The molecule has 0 aromatic carbocycles. The molecule has 3 fully saturated rings. The van der Waals surface area contributed by atoms with E-state index in [0.29, 0.717) is 24.0 Å². The van der Waals surface area contributed by atoms with Gasteiger partial charge in [0, 0.05) is 5.92 Å². The highest BCUT2D eigenvalue weighted by molar-refractivity contribution is 5.73. The van der Waals surface area contributed by atoms with E-state index in [0.717, 1.165) is 6.42 Å². The summed E-state index contributed by atoms with van der Waals surface area (Å²) < 4.78 is 10.2. The first kappa shape index (κ1) is 6.89. The zero-order chi connectivity index (χ0) is 8.29. The number of ether oxygens (including phenoxy) is 2. The second kappa shape index (κ2) is 2.02. The number of carbonyl (C=O) groups is 1. The third kappa shape index (κ3) is 0.678. The Bertz CT molecular complexity index is 238. The minimum absolute atomic E-state index is 0.0311. The van der Waals surface area contributed by atoms with Gasteiger partial charge in [-0.2, -0.15) is 0 Å². The summed E-state index contributed by atoms with van der Waals surface area (Å²) in [5, 5.41) is 0. The van der Waals surface area contributed by atoms with Crippen molar-refractivity contribution in [3.8, 4) is 0 Å². The first-order chi connectivity index (χ1) is 5.81. The molecule has 0 N–H and O–H groups in total. The Labute approximate surface area is 71.0 Å². The second-order valence-corrected chi connectivity index (χ2v) is 4.09. The molecular weight excluding hydrogens is 156 g/mol. The molecule has 2 saturated carbocycles. The largest absolute Gasteiger partial charge is 0.469 e. The minimum atomic E-state index is -0.0311. The molecule has 5 atom stereocenters. The molecule has 2 bridgehead atoms. The zero-order valence-corrected chi connectivity index (χ0v) is 7.03. The van der Waals surface area contributed by atoms with Crippen LogP contribution in [0.3, 0.4) is 0 Å². The highest BCUT2D eigenvalue weighted by Crippen LogP contribution is 2.58. The zero-order valence-electron chi connectivity index (χ0n) is 7.03. The van der Waals surface area contributed by atoms with Gasteiger partial charge in [-0.3, -0.25) is 4.79 Å². The van der Waals surface area contributed by atoms with Crippen LogP contribution < -0.4 is 0 Å². The Morgan fingerprint density at radius 3 is 2.83 bits per heavy atom. The molecule has 3 aliphatic rings. The lowest BCUT2D eigenvalue weighted by molar-refractivity contribution is -0.147. The number of rotatable bonds is 1. The third-order valence-electron chi connectivity index (χ3n) is 3.60. The molecule has 3 rings (SSSR count). The van der Waals surface area contributed by atoms with E-state index in [1.54, 1.807) is 0 Å². The average Bonchev–Trinajstić information content (AvgIpc) is 2.71. The van der Waals surface area contributed by atoms with Gasteiger partial charge in [0.05, 0.1) is 25.2 Å². The second-order valence-electron chi connectivity index (χ2n) is 4.09. The number of esters is 1. The predicted octanol–water partition coefficient (Wildman–Crippen LogP) is 0.583. The fraction of sp³-hybridized carbons (Fsp3) is 0.889. The number of hydrogen-bond acceptors (Lipinski definition) is 3. The molecule has 0 unspecified atom stereocenters. The van der Waals surface area contributed by atoms with Crippen molar-refractivity contribution in [2.24, 2.45) is 17.8 Å². The van der Waals surface area contributed by atoms with E-state index >= 15 is 0 Å². The van der Waals surface area contributed by atoms with E-state index in [1.165, 1.54) is 13.5 Å². The topological polar surface area (TPSA) is 38.8 Å². The fourth-order valence-electron chi connectivity index (χ4n) is 3.02. The summed E-state index contributed by atoms with van der Waals surface area (Å²) in [4.78, 5) is 11.3. The lowest BCUT2D eigenvalue weighted by Crippen LogP contribution is -2.26. The molecule has 66 valence electrons. The highest BCUT2D eigenvalue weighted by Gasteiger charge is 2.64. The van der Waals surface area contributed by atoms with Gasteiger partial charge in [0.2, 0.25) is 0 Å². The molecule has 1 aliphatic heterocycles. The van der Waals surface area contributed by atoms with Gasteiger partial charge >= 0.3 is 5.97 Å². The van der Waals surface area contributed by atoms with Gasteiger partial charge in [0.25, 0.3) is 0 Å². The van der Waals surface area contributed by atoms with Crippen LogP contribution in [0.25, 0.3) is 0 Å². The summed E-state index contributed by atoms with van der Waals surface area (Å²) in [6, 6.07) is 0. The van der Waals surface area contributed by atoms with Crippen LogP contribution >= 0.6 is 0 Å². The number of methoxy groups -OCH3 is 1. The lowest BCUT2D eigenvalue weighted by Gasteiger charge is -2.15. The molecule has 0 amide bonds. The van der Waals surface area contributed by atoms with Gasteiger partial charge in [-0.15, -0.1) is 0 Å². The van der Waals surface area contributed by atoms with E-state index in [1.807, 2.05) is 0 Å². The van der Waals surface area contributed by atoms with Crippen molar-refractivity contribution in [3.05, 3.63) is 0 Å². The SMILES string of the molecule is COC(=O)[C@@H]1C[C@@H]2C[C@H]1[C@H]1O[C@@H]21. The van der Waals surface area contributed by atoms with E-state index in [9.17, 15) is 4.79 Å². The van der Waals surface area contributed by atoms with E-state index in [4.69, 9.17) is 9.47 Å². The Kier molecular flexibility index (Phi) is 1.16. The number of hydrogen-bond donors (Lipinski definition) is 0.